The Balaban J connectivity index is 2.28. The number of ether oxygens (including phenoxy) is 1. The molecule has 0 spiro atoms. The molecule has 0 aliphatic carbocycles. The molecule has 1 aromatic heterocycles. The van der Waals surface area contributed by atoms with Crippen molar-refractivity contribution in [1.29, 1.82) is 0 Å². The van der Waals surface area contributed by atoms with E-state index >= 15 is 0 Å². The van der Waals surface area contributed by atoms with Gasteiger partial charge in [-0.25, -0.2) is 0 Å². The van der Waals surface area contributed by atoms with E-state index in [4.69, 9.17) is 15.7 Å². The maximum atomic E-state index is 8.75. The molecule has 0 fully saturated rings. The van der Waals surface area contributed by atoms with Crippen LogP contribution in [-0.4, -0.2) is 20.8 Å². The van der Waals surface area contributed by atoms with Gasteiger partial charge in [0.1, 0.15) is 5.75 Å². The predicted octanol–water partition coefficient (Wildman–Crippen LogP) is 2.35. The minimum atomic E-state index is 0.00634. The van der Waals surface area contributed by atoms with Gasteiger partial charge in [-0.1, -0.05) is 17.3 Å². The van der Waals surface area contributed by atoms with Gasteiger partial charge in [0.25, 0.3) is 0 Å². The van der Waals surface area contributed by atoms with Crippen molar-refractivity contribution < 1.29 is 9.94 Å². The van der Waals surface area contributed by atoms with Crippen molar-refractivity contribution in [2.45, 2.75) is 19.9 Å². The zero-order valence-corrected chi connectivity index (χ0v) is 10.8. The molecule has 2 aromatic rings. The maximum absolute atomic E-state index is 8.75. The summed E-state index contributed by atoms with van der Waals surface area (Å²) in [5.74, 6) is 1.12. The largest absolute Gasteiger partial charge is 0.453 e. The second kappa shape index (κ2) is 5.43. The number of nitrogens with zero attached hydrogens (tertiary/aromatic N) is 3. The smallest absolute Gasteiger partial charge is 0.173 e. The zero-order valence-electron chi connectivity index (χ0n) is 10.8. The molecule has 1 heterocycles. The number of hydrogen-bond acceptors (Lipinski definition) is 4. The topological polar surface area (TPSA) is 85.7 Å². The summed E-state index contributed by atoms with van der Waals surface area (Å²) in [6, 6.07) is 7.34. The van der Waals surface area contributed by atoms with Gasteiger partial charge in [0.15, 0.2) is 11.6 Å². The van der Waals surface area contributed by atoms with E-state index in [2.05, 4.69) is 10.3 Å². The number of benzene rings is 1. The van der Waals surface area contributed by atoms with Gasteiger partial charge in [0.2, 0.25) is 0 Å². The summed E-state index contributed by atoms with van der Waals surface area (Å²) in [6.45, 7) is 4.06. The number of para-hydroxylation sites is 1. The molecule has 19 heavy (non-hydrogen) atoms. The van der Waals surface area contributed by atoms with E-state index in [9.17, 15) is 0 Å². The van der Waals surface area contributed by atoms with Crippen LogP contribution in [0.5, 0.6) is 11.5 Å². The van der Waals surface area contributed by atoms with E-state index in [1.54, 1.807) is 35.3 Å². The van der Waals surface area contributed by atoms with Crippen molar-refractivity contribution in [3.8, 4) is 11.5 Å². The van der Waals surface area contributed by atoms with Crippen molar-refractivity contribution in [2.75, 3.05) is 0 Å². The fraction of sp³-hybridized carbons (Fsp3) is 0.231. The molecule has 0 atom stereocenters. The van der Waals surface area contributed by atoms with E-state index in [-0.39, 0.29) is 11.9 Å². The first-order valence-corrected chi connectivity index (χ1v) is 5.90. The number of hydrogen-bond donors (Lipinski definition) is 2. The number of rotatable bonds is 4. The lowest BCUT2D eigenvalue weighted by Crippen LogP contribution is -2.13. The lowest BCUT2D eigenvalue weighted by molar-refractivity contribution is 0.318. The van der Waals surface area contributed by atoms with Gasteiger partial charge >= 0.3 is 0 Å². The first-order chi connectivity index (χ1) is 9.11. The van der Waals surface area contributed by atoms with E-state index in [0.717, 1.165) is 0 Å². The Morgan fingerprint density at radius 3 is 2.79 bits per heavy atom. The minimum Gasteiger partial charge on any atom is -0.453 e. The number of aromatic nitrogens is 2. The van der Waals surface area contributed by atoms with E-state index in [1.165, 1.54) is 0 Å². The molecule has 0 amide bonds. The average Bonchev–Trinajstić information content (AvgIpc) is 2.87. The van der Waals surface area contributed by atoms with Crippen LogP contribution in [0.25, 0.3) is 0 Å². The highest BCUT2D eigenvalue weighted by Crippen LogP contribution is 2.25. The molecule has 0 unspecified atom stereocenters. The summed E-state index contributed by atoms with van der Waals surface area (Å²) in [7, 11) is 0. The summed E-state index contributed by atoms with van der Waals surface area (Å²) >= 11 is 0. The highest BCUT2D eigenvalue weighted by molar-refractivity contribution is 5.99. The molecule has 0 saturated carbocycles. The van der Waals surface area contributed by atoms with Crippen LogP contribution in [0.2, 0.25) is 0 Å². The number of amidine groups is 1. The Bertz CT molecular complexity index is 590. The van der Waals surface area contributed by atoms with Crippen LogP contribution < -0.4 is 10.5 Å². The lowest BCUT2D eigenvalue weighted by Gasteiger charge is -2.08. The molecule has 1 aromatic carbocycles. The third kappa shape index (κ3) is 2.85. The number of oxime groups is 1. The van der Waals surface area contributed by atoms with Crippen LogP contribution in [-0.2, 0) is 0 Å². The summed E-state index contributed by atoms with van der Waals surface area (Å²) in [4.78, 5) is 0. The van der Waals surface area contributed by atoms with Gasteiger partial charge in [-0.2, -0.15) is 5.10 Å². The summed E-state index contributed by atoms with van der Waals surface area (Å²) in [5, 5.41) is 15.9. The molecule has 0 aliphatic heterocycles. The highest BCUT2D eigenvalue weighted by atomic mass is 16.5. The van der Waals surface area contributed by atoms with Gasteiger partial charge in [-0.3, -0.25) is 4.68 Å². The summed E-state index contributed by atoms with van der Waals surface area (Å²) in [6.07, 6.45) is 3.43. The Hall–Kier alpha value is -2.50. The second-order valence-electron chi connectivity index (χ2n) is 4.33. The quantitative estimate of drug-likeness (QED) is 0.382. The van der Waals surface area contributed by atoms with Gasteiger partial charge in [-0.15, -0.1) is 0 Å². The maximum Gasteiger partial charge on any atom is 0.173 e. The van der Waals surface area contributed by atoms with Crippen LogP contribution in [0.15, 0.2) is 41.8 Å². The zero-order chi connectivity index (χ0) is 13.8. The SMILES string of the molecule is CC(C)n1cc(Oc2ccccc2/C(N)=N/O)cn1. The minimum absolute atomic E-state index is 0.00634. The highest BCUT2D eigenvalue weighted by Gasteiger charge is 2.10. The van der Waals surface area contributed by atoms with Crippen LogP contribution in [0.1, 0.15) is 25.5 Å². The molecule has 3 N–H and O–H groups in total. The van der Waals surface area contributed by atoms with E-state index in [1.807, 2.05) is 19.9 Å². The fourth-order valence-electron chi connectivity index (χ4n) is 1.60. The molecule has 6 heteroatoms. The third-order valence-corrected chi connectivity index (χ3v) is 2.61. The average molecular weight is 260 g/mol. The fourth-order valence-corrected chi connectivity index (χ4v) is 1.60. The molecule has 0 radical (unpaired) electrons. The Labute approximate surface area is 111 Å². The van der Waals surface area contributed by atoms with Crippen LogP contribution in [0.3, 0.4) is 0 Å². The molecule has 0 bridgehead atoms. The Morgan fingerprint density at radius 2 is 2.16 bits per heavy atom. The molecule has 2 rings (SSSR count). The predicted molar refractivity (Wildman–Crippen MR) is 71.6 cm³/mol. The molecule has 6 nitrogen and oxygen atoms in total. The van der Waals surface area contributed by atoms with Crippen molar-refractivity contribution in [1.82, 2.24) is 9.78 Å². The van der Waals surface area contributed by atoms with Crippen molar-refractivity contribution >= 4 is 5.84 Å². The standard InChI is InChI=1S/C13H16N4O2/c1-9(2)17-8-10(7-15-17)19-12-6-4-3-5-11(12)13(14)16-18/h3-9,18H,1-2H3,(H2,14,16). The van der Waals surface area contributed by atoms with E-state index in [0.29, 0.717) is 17.1 Å². The van der Waals surface area contributed by atoms with Crippen molar-refractivity contribution in [2.24, 2.45) is 10.9 Å². The van der Waals surface area contributed by atoms with E-state index < -0.39 is 0 Å². The Kier molecular flexibility index (Phi) is 3.70. The van der Waals surface area contributed by atoms with Crippen molar-refractivity contribution in [3.63, 3.8) is 0 Å². The molecule has 0 saturated heterocycles. The van der Waals surface area contributed by atoms with Gasteiger partial charge < -0.3 is 15.7 Å². The molecular formula is C13H16N4O2. The van der Waals surface area contributed by atoms with Crippen LogP contribution in [0.4, 0.5) is 0 Å². The van der Waals surface area contributed by atoms with Gasteiger partial charge in [0, 0.05) is 6.04 Å². The van der Waals surface area contributed by atoms with Gasteiger partial charge in [0.05, 0.1) is 18.0 Å². The first kappa shape index (κ1) is 12.9. The monoisotopic (exact) mass is 260 g/mol. The Morgan fingerprint density at radius 1 is 1.42 bits per heavy atom. The second-order valence-corrected chi connectivity index (χ2v) is 4.33. The van der Waals surface area contributed by atoms with Crippen LogP contribution in [0, 0.1) is 0 Å². The summed E-state index contributed by atoms with van der Waals surface area (Å²) in [5.41, 5.74) is 6.13. The van der Waals surface area contributed by atoms with Crippen molar-refractivity contribution in [3.05, 3.63) is 42.2 Å². The third-order valence-electron chi connectivity index (χ3n) is 2.61. The number of nitrogens with two attached hydrogens (primary N) is 1. The normalized spacial score (nSPS) is 11.8. The molecular weight excluding hydrogens is 244 g/mol. The summed E-state index contributed by atoms with van der Waals surface area (Å²) < 4.78 is 7.50. The lowest BCUT2D eigenvalue weighted by atomic mass is 10.2. The molecule has 0 aliphatic rings. The van der Waals surface area contributed by atoms with Gasteiger partial charge in [-0.05, 0) is 26.0 Å². The first-order valence-electron chi connectivity index (χ1n) is 5.90. The van der Waals surface area contributed by atoms with Crippen LogP contribution >= 0.6 is 0 Å². The molecule has 100 valence electrons.